The summed E-state index contributed by atoms with van der Waals surface area (Å²) in [5.41, 5.74) is 1.67. The van der Waals surface area contributed by atoms with E-state index in [0.717, 1.165) is 0 Å². The van der Waals surface area contributed by atoms with Gasteiger partial charge in [0, 0.05) is 28.4 Å². The number of nitrogens with one attached hydrogen (secondary N) is 1. The van der Waals surface area contributed by atoms with Crippen molar-refractivity contribution in [3.05, 3.63) is 64.2 Å². The van der Waals surface area contributed by atoms with E-state index in [1.54, 1.807) is 31.2 Å². The molecule has 0 aliphatic carbocycles. The van der Waals surface area contributed by atoms with Crippen LogP contribution in [0, 0.1) is 18.6 Å². The minimum absolute atomic E-state index is 0.281. The second-order valence-corrected chi connectivity index (χ2v) is 4.44. The molecule has 2 rings (SSSR count). The molecule has 0 saturated carbocycles. The first kappa shape index (κ1) is 12.8. The van der Waals surface area contributed by atoms with E-state index in [1.165, 1.54) is 12.1 Å². The summed E-state index contributed by atoms with van der Waals surface area (Å²) in [5, 5.41) is 3.37. The van der Waals surface area contributed by atoms with Crippen molar-refractivity contribution in [1.29, 1.82) is 0 Å². The molecule has 0 radical (unpaired) electrons. The van der Waals surface area contributed by atoms with Gasteiger partial charge in [-0.15, -0.1) is 0 Å². The zero-order valence-corrected chi connectivity index (χ0v) is 10.6. The average Bonchev–Trinajstić information content (AvgIpc) is 2.33. The van der Waals surface area contributed by atoms with E-state index in [0.29, 0.717) is 21.8 Å². The molecule has 0 amide bonds. The van der Waals surface area contributed by atoms with Crippen LogP contribution in [-0.4, -0.2) is 0 Å². The van der Waals surface area contributed by atoms with Gasteiger partial charge in [-0.05, 0) is 31.2 Å². The molecule has 0 heterocycles. The topological polar surface area (TPSA) is 12.0 Å². The van der Waals surface area contributed by atoms with Gasteiger partial charge in [-0.25, -0.2) is 8.78 Å². The summed E-state index contributed by atoms with van der Waals surface area (Å²) in [6.07, 6.45) is 0. The molecule has 0 spiro atoms. The lowest BCUT2D eigenvalue weighted by molar-refractivity contribution is 0.612. The van der Waals surface area contributed by atoms with Crippen molar-refractivity contribution in [1.82, 2.24) is 0 Å². The van der Waals surface area contributed by atoms with Gasteiger partial charge in [-0.3, -0.25) is 0 Å². The first-order valence-corrected chi connectivity index (χ1v) is 5.88. The van der Waals surface area contributed by atoms with Crippen LogP contribution in [0.1, 0.15) is 11.1 Å². The summed E-state index contributed by atoms with van der Waals surface area (Å²) in [6.45, 7) is 1.96. The Morgan fingerprint density at radius 1 is 1.11 bits per heavy atom. The van der Waals surface area contributed by atoms with Crippen LogP contribution in [0.5, 0.6) is 0 Å². The van der Waals surface area contributed by atoms with E-state index < -0.39 is 0 Å². The zero-order chi connectivity index (χ0) is 13.1. The molecule has 4 heteroatoms. The highest BCUT2D eigenvalue weighted by molar-refractivity contribution is 6.30. The quantitative estimate of drug-likeness (QED) is 0.861. The fourth-order valence-corrected chi connectivity index (χ4v) is 1.81. The molecule has 1 N–H and O–H groups in total. The van der Waals surface area contributed by atoms with E-state index in [4.69, 9.17) is 11.6 Å². The lowest BCUT2D eigenvalue weighted by Crippen LogP contribution is -2.03. The summed E-state index contributed by atoms with van der Waals surface area (Å²) < 4.78 is 26.8. The number of halogens is 3. The van der Waals surface area contributed by atoms with Gasteiger partial charge in [0.1, 0.15) is 11.6 Å². The van der Waals surface area contributed by atoms with Gasteiger partial charge in [0.15, 0.2) is 0 Å². The normalized spacial score (nSPS) is 10.4. The second kappa shape index (κ2) is 5.36. The van der Waals surface area contributed by atoms with Gasteiger partial charge in [0.2, 0.25) is 0 Å². The molecule has 1 nitrogen and oxygen atoms in total. The standard InChI is InChI=1S/C14H12ClF2N/c1-9-12(16)3-2-4-14(9)18-8-10-5-6-11(15)7-13(10)17/h2-7,18H,8H2,1H3. The Kier molecular flexibility index (Phi) is 3.82. The Morgan fingerprint density at radius 3 is 2.61 bits per heavy atom. The first-order valence-electron chi connectivity index (χ1n) is 5.51. The predicted octanol–water partition coefficient (Wildman–Crippen LogP) is 4.54. The van der Waals surface area contributed by atoms with Crippen molar-refractivity contribution in [2.75, 3.05) is 5.32 Å². The molecule has 0 aliphatic rings. The summed E-state index contributed by atoms with van der Waals surface area (Å²) in [4.78, 5) is 0. The maximum absolute atomic E-state index is 13.5. The number of anilines is 1. The predicted molar refractivity (Wildman–Crippen MR) is 69.9 cm³/mol. The van der Waals surface area contributed by atoms with Gasteiger partial charge in [0.05, 0.1) is 0 Å². The highest BCUT2D eigenvalue weighted by Gasteiger charge is 2.05. The third-order valence-electron chi connectivity index (χ3n) is 2.75. The first-order chi connectivity index (χ1) is 8.58. The monoisotopic (exact) mass is 267 g/mol. The van der Waals surface area contributed by atoms with Crippen LogP contribution in [-0.2, 0) is 6.54 Å². The lowest BCUT2D eigenvalue weighted by atomic mass is 10.1. The van der Waals surface area contributed by atoms with Crippen molar-refractivity contribution in [3.63, 3.8) is 0 Å². The van der Waals surface area contributed by atoms with Gasteiger partial charge < -0.3 is 5.32 Å². The van der Waals surface area contributed by atoms with Crippen LogP contribution in [0.3, 0.4) is 0 Å². The van der Waals surface area contributed by atoms with E-state index in [-0.39, 0.29) is 18.2 Å². The van der Waals surface area contributed by atoms with Gasteiger partial charge in [-0.1, -0.05) is 23.7 Å². The summed E-state index contributed by atoms with van der Waals surface area (Å²) in [5.74, 6) is -0.652. The highest BCUT2D eigenvalue weighted by Crippen LogP contribution is 2.20. The van der Waals surface area contributed by atoms with Crippen LogP contribution in [0.2, 0.25) is 5.02 Å². The molecular formula is C14H12ClF2N. The number of hydrogen-bond acceptors (Lipinski definition) is 1. The molecule has 0 atom stereocenters. The van der Waals surface area contributed by atoms with Crippen molar-refractivity contribution >= 4 is 17.3 Å². The Morgan fingerprint density at radius 2 is 1.89 bits per heavy atom. The van der Waals surface area contributed by atoms with E-state index in [1.807, 2.05) is 0 Å². The van der Waals surface area contributed by atoms with E-state index >= 15 is 0 Å². The van der Waals surface area contributed by atoms with Gasteiger partial charge in [0.25, 0.3) is 0 Å². The molecule has 0 aromatic heterocycles. The summed E-state index contributed by atoms with van der Waals surface area (Å²) in [6, 6.07) is 9.26. The Labute approximate surface area is 109 Å². The Hall–Kier alpha value is -1.61. The molecule has 94 valence electrons. The molecule has 0 unspecified atom stereocenters. The Bertz CT molecular complexity index is 570. The zero-order valence-electron chi connectivity index (χ0n) is 9.81. The van der Waals surface area contributed by atoms with E-state index in [9.17, 15) is 8.78 Å². The third kappa shape index (κ3) is 2.79. The molecule has 2 aromatic rings. The average molecular weight is 268 g/mol. The van der Waals surface area contributed by atoms with Crippen LogP contribution >= 0.6 is 11.6 Å². The molecule has 0 fully saturated rings. The molecule has 18 heavy (non-hydrogen) atoms. The minimum Gasteiger partial charge on any atom is -0.381 e. The minimum atomic E-state index is -0.371. The molecule has 0 saturated heterocycles. The maximum atomic E-state index is 13.5. The lowest BCUT2D eigenvalue weighted by Gasteiger charge is -2.10. The highest BCUT2D eigenvalue weighted by atomic mass is 35.5. The summed E-state index contributed by atoms with van der Waals surface area (Å²) in [7, 11) is 0. The smallest absolute Gasteiger partial charge is 0.129 e. The van der Waals surface area contributed by atoms with Crippen LogP contribution in [0.4, 0.5) is 14.5 Å². The van der Waals surface area contributed by atoms with Crippen molar-refractivity contribution in [2.45, 2.75) is 13.5 Å². The number of benzene rings is 2. The fourth-order valence-electron chi connectivity index (χ4n) is 1.65. The third-order valence-corrected chi connectivity index (χ3v) is 2.99. The largest absolute Gasteiger partial charge is 0.381 e. The van der Waals surface area contributed by atoms with Crippen molar-refractivity contribution in [3.8, 4) is 0 Å². The summed E-state index contributed by atoms with van der Waals surface area (Å²) >= 11 is 5.67. The maximum Gasteiger partial charge on any atom is 0.129 e. The van der Waals surface area contributed by atoms with Crippen LogP contribution in [0.25, 0.3) is 0 Å². The molecule has 2 aromatic carbocycles. The second-order valence-electron chi connectivity index (χ2n) is 4.00. The molecule has 0 aliphatic heterocycles. The molecule has 0 bridgehead atoms. The van der Waals surface area contributed by atoms with Crippen LogP contribution in [0.15, 0.2) is 36.4 Å². The van der Waals surface area contributed by atoms with Gasteiger partial charge in [-0.2, -0.15) is 0 Å². The molecular weight excluding hydrogens is 256 g/mol. The van der Waals surface area contributed by atoms with Crippen molar-refractivity contribution in [2.24, 2.45) is 0 Å². The SMILES string of the molecule is Cc1c(F)cccc1NCc1ccc(Cl)cc1F. The van der Waals surface area contributed by atoms with E-state index in [2.05, 4.69) is 5.32 Å². The van der Waals surface area contributed by atoms with Crippen LogP contribution < -0.4 is 5.32 Å². The van der Waals surface area contributed by atoms with Gasteiger partial charge >= 0.3 is 0 Å². The van der Waals surface area contributed by atoms with Crippen molar-refractivity contribution < 1.29 is 8.78 Å². The fraction of sp³-hybridized carbons (Fsp3) is 0.143. The number of rotatable bonds is 3. The Balaban J connectivity index is 2.14. The number of hydrogen-bond donors (Lipinski definition) is 1.